The zero-order chi connectivity index (χ0) is 15.5. The minimum atomic E-state index is -2.85. The van der Waals surface area contributed by atoms with E-state index >= 15 is 0 Å². The number of alkyl halides is 2. The molecule has 10 heteroatoms. The Kier molecular flexibility index (Phi) is 5.60. The van der Waals surface area contributed by atoms with Crippen molar-refractivity contribution in [3.05, 3.63) is 33.9 Å². The van der Waals surface area contributed by atoms with Gasteiger partial charge in [-0.1, -0.05) is 0 Å². The van der Waals surface area contributed by atoms with Gasteiger partial charge in [0.1, 0.15) is 0 Å². The molecule has 21 heavy (non-hydrogen) atoms. The molecular weight excluding hydrogens is 338 g/mol. The van der Waals surface area contributed by atoms with Gasteiger partial charge in [-0.25, -0.2) is 5.09 Å². The Morgan fingerprint density at radius 2 is 2.05 bits per heavy atom. The summed E-state index contributed by atoms with van der Waals surface area (Å²) in [7, 11) is -2.85. The van der Waals surface area contributed by atoms with Gasteiger partial charge in [-0.2, -0.15) is 4.89 Å². The third-order valence-corrected chi connectivity index (χ3v) is 5.87. The largest absolute Gasteiger partial charge is 0.388 e. The first-order valence-corrected chi connectivity index (χ1v) is 9.06. The number of hydrogen-bond acceptors (Lipinski definition) is 6. The first kappa shape index (κ1) is 16.7. The maximum atomic E-state index is 10.9. The summed E-state index contributed by atoms with van der Waals surface area (Å²) in [6.07, 6.45) is 0. The summed E-state index contributed by atoms with van der Waals surface area (Å²) in [6, 6.07) is 4.55. The number of halogens is 2. The lowest BCUT2D eigenvalue weighted by molar-refractivity contribution is -0.384. The van der Waals surface area contributed by atoms with Crippen molar-refractivity contribution in [3.63, 3.8) is 0 Å². The predicted molar refractivity (Wildman–Crippen MR) is 85.7 cm³/mol. The fourth-order valence-electron chi connectivity index (χ4n) is 2.11. The molecule has 0 spiro atoms. The SMILES string of the molecule is O=[N+]([O-])c1ccc2c(c1)N[P+](O)(N(CCCl)CCCl)NC2. The van der Waals surface area contributed by atoms with Crippen LogP contribution in [0.5, 0.6) is 0 Å². The van der Waals surface area contributed by atoms with E-state index < -0.39 is 12.9 Å². The third kappa shape index (κ3) is 3.74. The number of hydrogen-bond donors (Lipinski definition) is 3. The Balaban J connectivity index is 2.26. The molecule has 1 aromatic carbocycles. The number of non-ortho nitro benzene ring substituents is 1. The molecule has 1 aliphatic heterocycles. The lowest BCUT2D eigenvalue weighted by Crippen LogP contribution is -2.41. The summed E-state index contributed by atoms with van der Waals surface area (Å²) < 4.78 is 1.76. The number of nitro benzene ring substituents is 1. The van der Waals surface area contributed by atoms with Gasteiger partial charge in [0.2, 0.25) is 0 Å². The highest BCUT2D eigenvalue weighted by atomic mass is 35.5. The number of anilines is 1. The van der Waals surface area contributed by atoms with Gasteiger partial charge in [0.15, 0.2) is 0 Å². The molecule has 1 heterocycles. The van der Waals surface area contributed by atoms with Crippen molar-refractivity contribution in [2.75, 3.05) is 29.9 Å². The third-order valence-electron chi connectivity index (χ3n) is 3.17. The van der Waals surface area contributed by atoms with Gasteiger partial charge in [-0.15, -0.1) is 33.0 Å². The summed E-state index contributed by atoms with van der Waals surface area (Å²) in [6.45, 7) is 1.34. The molecule has 1 aromatic rings. The highest BCUT2D eigenvalue weighted by Crippen LogP contribution is 2.56. The van der Waals surface area contributed by atoms with E-state index in [4.69, 9.17) is 23.2 Å². The highest BCUT2D eigenvalue weighted by molar-refractivity contribution is 7.67. The van der Waals surface area contributed by atoms with Crippen LogP contribution >= 0.6 is 31.1 Å². The maximum absolute atomic E-state index is 10.9. The standard InChI is InChI=1S/C11H16Cl2N4O3P/c12-3-5-16(6-4-13)21(20)14-8-9-1-2-10(17(18)19)7-11(9)15-21/h1-2,7,14-15,20H,3-6,8H2/q+1. The lowest BCUT2D eigenvalue weighted by atomic mass is 10.1. The smallest absolute Gasteiger partial charge is 0.258 e. The predicted octanol–water partition coefficient (Wildman–Crippen LogP) is 2.56. The van der Waals surface area contributed by atoms with Gasteiger partial charge in [0.05, 0.1) is 30.2 Å². The minimum absolute atomic E-state index is 0.0177. The highest BCUT2D eigenvalue weighted by Gasteiger charge is 2.47. The Bertz CT molecular complexity index is 530. The van der Waals surface area contributed by atoms with Crippen molar-refractivity contribution >= 4 is 42.5 Å². The molecule has 1 unspecified atom stereocenters. The topological polar surface area (TPSA) is 90.7 Å². The molecule has 0 amide bonds. The van der Waals surface area contributed by atoms with Crippen LogP contribution in [0.15, 0.2) is 18.2 Å². The first-order chi connectivity index (χ1) is 10.00. The van der Waals surface area contributed by atoms with Crippen LogP contribution in [-0.4, -0.2) is 39.3 Å². The summed E-state index contributed by atoms with van der Waals surface area (Å²) in [5, 5.41) is 16.9. The minimum Gasteiger partial charge on any atom is -0.258 e. The molecule has 3 N–H and O–H groups in total. The zero-order valence-corrected chi connectivity index (χ0v) is 13.5. The van der Waals surface area contributed by atoms with Gasteiger partial charge in [-0.05, 0) is 11.6 Å². The van der Waals surface area contributed by atoms with Crippen molar-refractivity contribution in [1.29, 1.82) is 0 Å². The average molecular weight is 354 g/mol. The van der Waals surface area contributed by atoms with Crippen molar-refractivity contribution in [2.24, 2.45) is 0 Å². The summed E-state index contributed by atoms with van der Waals surface area (Å²) in [4.78, 5) is 21.2. The normalized spacial score (nSPS) is 21.0. The van der Waals surface area contributed by atoms with Crippen LogP contribution in [0.1, 0.15) is 5.56 Å². The van der Waals surface area contributed by atoms with Crippen molar-refractivity contribution in [3.8, 4) is 0 Å². The summed E-state index contributed by atoms with van der Waals surface area (Å²) in [5.41, 5.74) is 1.41. The van der Waals surface area contributed by atoms with Crippen molar-refractivity contribution in [1.82, 2.24) is 9.76 Å². The molecule has 0 bridgehead atoms. The molecule has 7 nitrogen and oxygen atoms in total. The molecule has 1 aliphatic rings. The molecule has 0 aliphatic carbocycles. The molecule has 0 fully saturated rings. The monoisotopic (exact) mass is 353 g/mol. The Morgan fingerprint density at radius 3 is 2.62 bits per heavy atom. The van der Waals surface area contributed by atoms with Crippen LogP contribution in [0, 0.1) is 10.1 Å². The molecule has 0 aromatic heterocycles. The van der Waals surface area contributed by atoms with Gasteiger partial charge in [0, 0.05) is 23.9 Å². The van der Waals surface area contributed by atoms with E-state index in [1.54, 1.807) is 10.7 Å². The van der Waals surface area contributed by atoms with Crippen LogP contribution in [0.2, 0.25) is 0 Å². The molecular formula is C11H16Cl2N4O3P+. The van der Waals surface area contributed by atoms with E-state index in [-0.39, 0.29) is 5.69 Å². The van der Waals surface area contributed by atoms with E-state index in [1.165, 1.54) is 12.1 Å². The number of nitrogens with one attached hydrogen (secondary N) is 2. The molecule has 0 saturated carbocycles. The van der Waals surface area contributed by atoms with Crippen LogP contribution in [-0.2, 0) is 6.54 Å². The number of nitro groups is 1. The van der Waals surface area contributed by atoms with Gasteiger partial charge >= 0.3 is 7.94 Å². The number of benzene rings is 1. The van der Waals surface area contributed by atoms with Crippen molar-refractivity contribution in [2.45, 2.75) is 6.54 Å². The van der Waals surface area contributed by atoms with Gasteiger partial charge < -0.3 is 0 Å². The summed E-state index contributed by atoms with van der Waals surface area (Å²) >= 11 is 11.5. The molecule has 116 valence electrons. The van der Waals surface area contributed by atoms with E-state index in [1.807, 2.05) is 0 Å². The second-order valence-corrected chi connectivity index (χ2v) is 7.54. The molecule has 1 atom stereocenters. The fourth-order valence-corrected chi connectivity index (χ4v) is 4.88. The van der Waals surface area contributed by atoms with Crippen LogP contribution < -0.4 is 10.2 Å². The van der Waals surface area contributed by atoms with E-state index in [0.29, 0.717) is 37.1 Å². The van der Waals surface area contributed by atoms with Crippen LogP contribution in [0.4, 0.5) is 11.4 Å². The number of rotatable bonds is 6. The van der Waals surface area contributed by atoms with E-state index in [0.717, 1.165) is 5.56 Å². The second-order valence-electron chi connectivity index (χ2n) is 4.48. The Hall–Kier alpha value is -0.690. The molecule has 0 radical (unpaired) electrons. The quantitative estimate of drug-likeness (QED) is 0.315. The average Bonchev–Trinajstić information content (AvgIpc) is 2.46. The molecule has 2 rings (SSSR count). The van der Waals surface area contributed by atoms with Crippen LogP contribution in [0.3, 0.4) is 0 Å². The summed E-state index contributed by atoms with van der Waals surface area (Å²) in [5.74, 6) is 0.703. The molecule has 0 saturated heterocycles. The van der Waals surface area contributed by atoms with E-state index in [9.17, 15) is 15.0 Å². The number of nitrogens with zero attached hydrogens (tertiary/aromatic N) is 2. The first-order valence-electron chi connectivity index (χ1n) is 6.30. The Morgan fingerprint density at radius 1 is 1.38 bits per heavy atom. The van der Waals surface area contributed by atoms with Crippen molar-refractivity contribution < 1.29 is 9.82 Å². The van der Waals surface area contributed by atoms with Gasteiger partial charge in [0.25, 0.3) is 5.69 Å². The second kappa shape index (κ2) is 7.05. The fraction of sp³-hybridized carbons (Fsp3) is 0.455. The lowest BCUT2D eigenvalue weighted by Gasteiger charge is -2.33. The van der Waals surface area contributed by atoms with E-state index in [2.05, 4.69) is 10.2 Å². The van der Waals surface area contributed by atoms with Crippen LogP contribution in [0.25, 0.3) is 0 Å². The number of fused-ring (bicyclic) bond motifs is 1. The van der Waals surface area contributed by atoms with Gasteiger partial charge in [-0.3, -0.25) is 10.1 Å². The Labute approximate surface area is 133 Å². The zero-order valence-electron chi connectivity index (χ0n) is 11.1. The maximum Gasteiger partial charge on any atom is 0.388 e.